The van der Waals surface area contributed by atoms with Gasteiger partial charge in [-0.1, -0.05) is 84.6 Å². The third kappa shape index (κ3) is 3.84. The third-order valence-corrected chi connectivity index (χ3v) is 4.97. The zero-order valence-electron chi connectivity index (χ0n) is 11.7. The van der Waals surface area contributed by atoms with E-state index in [9.17, 15) is 0 Å². The molecule has 0 spiro atoms. The molecule has 2 aromatic rings. The van der Waals surface area contributed by atoms with Gasteiger partial charge in [0.05, 0.1) is 12.0 Å². The SMILES string of the molecule is S=C1SCNC(Cc2ccccc2)N1Cc1ccccc1. The van der Waals surface area contributed by atoms with Gasteiger partial charge in [-0.05, 0) is 11.1 Å². The van der Waals surface area contributed by atoms with Crippen LogP contribution in [0, 0.1) is 0 Å². The Balaban J connectivity index is 1.75. The van der Waals surface area contributed by atoms with Gasteiger partial charge in [-0.3, -0.25) is 5.32 Å². The zero-order chi connectivity index (χ0) is 14.5. The predicted octanol–water partition coefficient (Wildman–Crippen LogP) is 3.64. The lowest BCUT2D eigenvalue weighted by atomic mass is 10.1. The van der Waals surface area contributed by atoms with Crippen molar-refractivity contribution in [1.82, 2.24) is 10.2 Å². The second-order valence-electron chi connectivity index (χ2n) is 5.08. The summed E-state index contributed by atoms with van der Waals surface area (Å²) in [5.74, 6) is 0.890. The summed E-state index contributed by atoms with van der Waals surface area (Å²) in [5.41, 5.74) is 2.63. The lowest BCUT2D eigenvalue weighted by Crippen LogP contribution is -2.52. The van der Waals surface area contributed by atoms with E-state index in [-0.39, 0.29) is 6.17 Å². The van der Waals surface area contributed by atoms with Gasteiger partial charge in [0.2, 0.25) is 0 Å². The van der Waals surface area contributed by atoms with E-state index in [1.807, 2.05) is 6.07 Å². The molecule has 1 heterocycles. The highest BCUT2D eigenvalue weighted by atomic mass is 32.2. The molecule has 4 heteroatoms. The van der Waals surface area contributed by atoms with Crippen LogP contribution in [0.4, 0.5) is 0 Å². The van der Waals surface area contributed by atoms with E-state index in [2.05, 4.69) is 64.8 Å². The van der Waals surface area contributed by atoms with Gasteiger partial charge in [-0.25, -0.2) is 0 Å². The summed E-state index contributed by atoms with van der Waals surface area (Å²) in [5, 5.41) is 3.57. The van der Waals surface area contributed by atoms with Crippen LogP contribution in [0.2, 0.25) is 0 Å². The summed E-state index contributed by atoms with van der Waals surface area (Å²) < 4.78 is 0.985. The Hall–Kier alpha value is -1.36. The van der Waals surface area contributed by atoms with Crippen LogP contribution in [0.15, 0.2) is 60.7 Å². The van der Waals surface area contributed by atoms with Crippen molar-refractivity contribution in [3.63, 3.8) is 0 Å². The van der Waals surface area contributed by atoms with E-state index < -0.39 is 0 Å². The van der Waals surface area contributed by atoms with E-state index in [0.717, 1.165) is 23.2 Å². The van der Waals surface area contributed by atoms with E-state index in [1.165, 1.54) is 11.1 Å². The van der Waals surface area contributed by atoms with Crippen LogP contribution in [-0.2, 0) is 13.0 Å². The van der Waals surface area contributed by atoms with Gasteiger partial charge in [0.15, 0.2) is 0 Å². The van der Waals surface area contributed by atoms with Crippen LogP contribution in [0.25, 0.3) is 0 Å². The zero-order valence-corrected chi connectivity index (χ0v) is 13.4. The number of thioether (sulfide) groups is 1. The Morgan fingerprint density at radius 3 is 2.29 bits per heavy atom. The number of thiocarbonyl (C=S) groups is 1. The van der Waals surface area contributed by atoms with Crippen molar-refractivity contribution >= 4 is 28.3 Å². The lowest BCUT2D eigenvalue weighted by Gasteiger charge is -2.38. The fourth-order valence-corrected chi connectivity index (χ4v) is 3.62. The highest BCUT2D eigenvalue weighted by Crippen LogP contribution is 2.21. The Morgan fingerprint density at radius 1 is 1.00 bits per heavy atom. The Morgan fingerprint density at radius 2 is 1.62 bits per heavy atom. The third-order valence-electron chi connectivity index (χ3n) is 3.59. The van der Waals surface area contributed by atoms with Crippen LogP contribution in [0.1, 0.15) is 11.1 Å². The second-order valence-corrected chi connectivity index (χ2v) is 6.69. The quantitative estimate of drug-likeness (QED) is 0.866. The van der Waals surface area contributed by atoms with Gasteiger partial charge >= 0.3 is 0 Å². The van der Waals surface area contributed by atoms with Crippen molar-refractivity contribution < 1.29 is 0 Å². The molecule has 1 unspecified atom stereocenters. The smallest absolute Gasteiger partial charge is 0.139 e. The average molecular weight is 314 g/mol. The summed E-state index contributed by atoms with van der Waals surface area (Å²) >= 11 is 7.27. The fraction of sp³-hybridized carbons (Fsp3) is 0.235. The minimum atomic E-state index is 0.265. The van der Waals surface area contributed by atoms with Crippen LogP contribution < -0.4 is 5.32 Å². The number of hydrogen-bond acceptors (Lipinski definition) is 3. The highest BCUT2D eigenvalue weighted by Gasteiger charge is 2.25. The standard InChI is InChI=1S/C17H18N2S2/c20-17-19(12-15-9-5-2-6-10-15)16(18-13-21-17)11-14-7-3-1-4-8-14/h1-10,16,18H,11-13H2. The number of hydrogen-bond donors (Lipinski definition) is 1. The number of nitrogens with zero attached hydrogens (tertiary/aromatic N) is 1. The molecule has 0 aliphatic carbocycles. The topological polar surface area (TPSA) is 15.3 Å². The maximum absolute atomic E-state index is 5.57. The molecule has 1 fully saturated rings. The molecule has 0 saturated carbocycles. The molecule has 2 nitrogen and oxygen atoms in total. The summed E-state index contributed by atoms with van der Waals surface area (Å²) in [6.07, 6.45) is 1.23. The van der Waals surface area contributed by atoms with Gasteiger partial charge < -0.3 is 4.90 Å². The largest absolute Gasteiger partial charge is 0.337 e. The molecular weight excluding hydrogens is 296 g/mol. The predicted molar refractivity (Wildman–Crippen MR) is 94.1 cm³/mol. The number of rotatable bonds is 4. The molecule has 1 aliphatic heterocycles. The molecule has 1 N–H and O–H groups in total. The Labute approximate surface area is 135 Å². The maximum atomic E-state index is 5.57. The van der Waals surface area contributed by atoms with Crippen molar-refractivity contribution in [2.24, 2.45) is 0 Å². The average Bonchev–Trinajstić information content (AvgIpc) is 2.53. The summed E-state index contributed by atoms with van der Waals surface area (Å²) in [7, 11) is 0. The Kier molecular flexibility index (Phi) is 4.91. The molecule has 0 bridgehead atoms. The first-order chi connectivity index (χ1) is 10.3. The van der Waals surface area contributed by atoms with Gasteiger partial charge in [-0.15, -0.1) is 0 Å². The molecule has 0 radical (unpaired) electrons. The second kappa shape index (κ2) is 7.07. The van der Waals surface area contributed by atoms with Crippen LogP contribution in [-0.4, -0.2) is 21.3 Å². The van der Waals surface area contributed by atoms with E-state index in [0.29, 0.717) is 0 Å². The van der Waals surface area contributed by atoms with Crippen molar-refractivity contribution in [2.75, 3.05) is 5.88 Å². The molecule has 2 aromatic carbocycles. The first kappa shape index (κ1) is 14.6. The van der Waals surface area contributed by atoms with Gasteiger partial charge in [0, 0.05) is 13.0 Å². The molecule has 0 amide bonds. The van der Waals surface area contributed by atoms with E-state index in [1.54, 1.807) is 11.8 Å². The lowest BCUT2D eigenvalue weighted by molar-refractivity contribution is 0.268. The van der Waals surface area contributed by atoms with Gasteiger partial charge in [-0.2, -0.15) is 0 Å². The molecule has 21 heavy (non-hydrogen) atoms. The summed E-state index contributed by atoms with van der Waals surface area (Å²) in [6.45, 7) is 0.858. The minimum absolute atomic E-state index is 0.265. The fourth-order valence-electron chi connectivity index (χ4n) is 2.49. The van der Waals surface area contributed by atoms with Crippen LogP contribution in [0.3, 0.4) is 0 Å². The van der Waals surface area contributed by atoms with Gasteiger partial charge in [0.25, 0.3) is 0 Å². The van der Waals surface area contributed by atoms with Crippen molar-refractivity contribution in [2.45, 2.75) is 19.1 Å². The Bertz CT molecular complexity index is 586. The highest BCUT2D eigenvalue weighted by molar-refractivity contribution is 8.22. The molecular formula is C17H18N2S2. The summed E-state index contributed by atoms with van der Waals surface area (Å²) in [4.78, 5) is 2.30. The van der Waals surface area contributed by atoms with Crippen molar-refractivity contribution in [1.29, 1.82) is 0 Å². The molecule has 3 rings (SSSR count). The van der Waals surface area contributed by atoms with Crippen LogP contribution >= 0.6 is 24.0 Å². The normalized spacial score (nSPS) is 18.8. The van der Waals surface area contributed by atoms with Gasteiger partial charge in [0.1, 0.15) is 4.32 Å². The van der Waals surface area contributed by atoms with Crippen molar-refractivity contribution in [3.05, 3.63) is 71.8 Å². The van der Waals surface area contributed by atoms with E-state index >= 15 is 0 Å². The summed E-state index contributed by atoms with van der Waals surface area (Å²) in [6, 6.07) is 21.1. The number of nitrogens with one attached hydrogen (secondary N) is 1. The molecule has 1 atom stereocenters. The minimum Gasteiger partial charge on any atom is -0.337 e. The molecule has 1 saturated heterocycles. The maximum Gasteiger partial charge on any atom is 0.139 e. The molecule has 0 aromatic heterocycles. The molecule has 1 aliphatic rings. The van der Waals surface area contributed by atoms with Crippen LogP contribution in [0.5, 0.6) is 0 Å². The first-order valence-corrected chi connectivity index (χ1v) is 8.47. The monoisotopic (exact) mass is 314 g/mol. The van der Waals surface area contributed by atoms with E-state index in [4.69, 9.17) is 12.2 Å². The van der Waals surface area contributed by atoms with Crippen molar-refractivity contribution in [3.8, 4) is 0 Å². The molecule has 108 valence electrons. The number of benzene rings is 2. The first-order valence-electron chi connectivity index (χ1n) is 7.07.